The Morgan fingerprint density at radius 1 is 1.19 bits per heavy atom. The van der Waals surface area contributed by atoms with Crippen LogP contribution < -0.4 is 5.32 Å². The Bertz CT molecular complexity index is 306. The maximum Gasteiger partial charge on any atom is 0.328 e. The summed E-state index contributed by atoms with van der Waals surface area (Å²) in [6.07, 6.45) is 0. The lowest BCUT2D eigenvalue weighted by Gasteiger charge is -2.12. The zero-order chi connectivity index (χ0) is 12.7. The van der Waals surface area contributed by atoms with E-state index in [9.17, 15) is 9.59 Å². The van der Waals surface area contributed by atoms with Gasteiger partial charge in [0.15, 0.2) is 0 Å². The average molecular weight is 227 g/mol. The van der Waals surface area contributed by atoms with Gasteiger partial charge in [-0.2, -0.15) is 0 Å². The van der Waals surface area contributed by atoms with Crippen molar-refractivity contribution in [2.45, 2.75) is 40.7 Å². The summed E-state index contributed by atoms with van der Waals surface area (Å²) >= 11 is 0. The molecule has 1 fully saturated rings. The van der Waals surface area contributed by atoms with Gasteiger partial charge in [0.25, 0.3) is 0 Å². The fourth-order valence-corrected chi connectivity index (χ4v) is 2.38. The molecule has 1 atom stereocenters. The summed E-state index contributed by atoms with van der Waals surface area (Å²) in [5, 5.41) is 2.69. The summed E-state index contributed by atoms with van der Waals surface area (Å²) in [5.74, 6) is -0.510. The SMILES string of the molecule is COC(=O)C(C)NC(=O)C1C(C)(C)C1(C)C. The third-order valence-electron chi connectivity index (χ3n) is 4.20. The van der Waals surface area contributed by atoms with Crippen molar-refractivity contribution in [2.24, 2.45) is 16.7 Å². The average Bonchev–Trinajstić information content (AvgIpc) is 2.55. The first-order valence-corrected chi connectivity index (χ1v) is 5.54. The molecule has 0 aromatic carbocycles. The predicted molar refractivity (Wildman–Crippen MR) is 60.7 cm³/mol. The molecule has 0 aromatic heterocycles. The van der Waals surface area contributed by atoms with Gasteiger partial charge in [0.2, 0.25) is 5.91 Å². The van der Waals surface area contributed by atoms with Crippen molar-refractivity contribution in [3.8, 4) is 0 Å². The smallest absolute Gasteiger partial charge is 0.328 e. The van der Waals surface area contributed by atoms with Crippen molar-refractivity contribution in [3.63, 3.8) is 0 Å². The van der Waals surface area contributed by atoms with Gasteiger partial charge >= 0.3 is 5.97 Å². The van der Waals surface area contributed by atoms with Crippen molar-refractivity contribution in [1.82, 2.24) is 5.32 Å². The number of esters is 1. The summed E-state index contributed by atoms with van der Waals surface area (Å²) in [7, 11) is 1.32. The Hall–Kier alpha value is -1.06. The molecule has 1 saturated carbocycles. The molecule has 0 spiro atoms. The fraction of sp³-hybridized carbons (Fsp3) is 0.833. The van der Waals surface area contributed by atoms with Crippen LogP contribution in [0.25, 0.3) is 0 Å². The van der Waals surface area contributed by atoms with Crippen LogP contribution >= 0.6 is 0 Å². The first-order chi connectivity index (χ1) is 7.16. The van der Waals surface area contributed by atoms with Crippen molar-refractivity contribution in [2.75, 3.05) is 7.11 Å². The molecule has 1 amide bonds. The standard InChI is InChI=1S/C12H21NO3/c1-7(10(15)16-6)13-9(14)8-11(2,3)12(8,4)5/h7-8H,1-6H3,(H,13,14). The third-order valence-corrected chi connectivity index (χ3v) is 4.20. The number of hydrogen-bond donors (Lipinski definition) is 1. The number of methoxy groups -OCH3 is 1. The van der Waals surface area contributed by atoms with Crippen molar-refractivity contribution >= 4 is 11.9 Å². The van der Waals surface area contributed by atoms with E-state index in [1.165, 1.54) is 7.11 Å². The molecule has 0 saturated heterocycles. The number of rotatable bonds is 3. The topological polar surface area (TPSA) is 55.4 Å². The predicted octanol–water partition coefficient (Wildman–Crippen LogP) is 1.35. The Balaban J connectivity index is 2.60. The molecular formula is C12H21NO3. The van der Waals surface area contributed by atoms with Crippen molar-refractivity contribution in [1.29, 1.82) is 0 Å². The summed E-state index contributed by atoms with van der Waals surface area (Å²) in [6, 6.07) is -0.579. The van der Waals surface area contributed by atoms with E-state index < -0.39 is 12.0 Å². The molecule has 4 nitrogen and oxygen atoms in total. The molecule has 4 heteroatoms. The molecule has 0 aromatic rings. The molecule has 1 rings (SSSR count). The largest absolute Gasteiger partial charge is 0.467 e. The zero-order valence-electron chi connectivity index (χ0n) is 10.9. The van der Waals surface area contributed by atoms with Crippen molar-refractivity contribution in [3.05, 3.63) is 0 Å². The highest BCUT2D eigenvalue weighted by Gasteiger charge is 2.68. The number of carbonyl (C=O) groups is 2. The van der Waals surface area contributed by atoms with E-state index in [1.54, 1.807) is 6.92 Å². The van der Waals surface area contributed by atoms with E-state index in [0.29, 0.717) is 0 Å². The summed E-state index contributed by atoms with van der Waals surface area (Å²) in [5.41, 5.74) is -0.0140. The normalized spacial score (nSPS) is 23.4. The third kappa shape index (κ3) is 1.81. The van der Waals surface area contributed by atoms with E-state index in [1.807, 2.05) is 0 Å². The molecule has 0 aliphatic heterocycles. The van der Waals surface area contributed by atoms with Crippen LogP contribution in [0.1, 0.15) is 34.6 Å². The van der Waals surface area contributed by atoms with E-state index in [2.05, 4.69) is 37.7 Å². The molecule has 16 heavy (non-hydrogen) atoms. The molecular weight excluding hydrogens is 206 g/mol. The van der Waals surface area contributed by atoms with Gasteiger partial charge in [-0.1, -0.05) is 27.7 Å². The highest BCUT2D eigenvalue weighted by atomic mass is 16.5. The molecule has 0 bridgehead atoms. The van der Waals surface area contributed by atoms with Gasteiger partial charge in [0.05, 0.1) is 7.11 Å². The van der Waals surface area contributed by atoms with Gasteiger partial charge in [0, 0.05) is 5.92 Å². The molecule has 0 heterocycles. The number of carbonyl (C=O) groups excluding carboxylic acids is 2. The Kier molecular flexibility index (Phi) is 3.05. The Labute approximate surface area is 96.7 Å². The fourth-order valence-electron chi connectivity index (χ4n) is 2.38. The highest BCUT2D eigenvalue weighted by molar-refractivity contribution is 5.88. The molecule has 1 unspecified atom stereocenters. The van der Waals surface area contributed by atoms with Crippen LogP contribution in [-0.4, -0.2) is 25.0 Å². The molecule has 1 N–H and O–H groups in total. The lowest BCUT2D eigenvalue weighted by atomic mass is 10.0. The Morgan fingerprint density at radius 2 is 1.62 bits per heavy atom. The number of ether oxygens (including phenoxy) is 1. The van der Waals surface area contributed by atoms with E-state index in [4.69, 9.17) is 0 Å². The molecule has 92 valence electrons. The second kappa shape index (κ2) is 3.75. The monoisotopic (exact) mass is 227 g/mol. The van der Waals surface area contributed by atoms with Gasteiger partial charge in [-0.05, 0) is 17.8 Å². The van der Waals surface area contributed by atoms with Crippen LogP contribution in [0, 0.1) is 16.7 Å². The van der Waals surface area contributed by atoms with E-state index in [0.717, 1.165) is 0 Å². The molecule has 1 aliphatic rings. The van der Waals surface area contributed by atoms with Gasteiger partial charge in [0.1, 0.15) is 6.04 Å². The zero-order valence-corrected chi connectivity index (χ0v) is 10.9. The van der Waals surface area contributed by atoms with E-state index in [-0.39, 0.29) is 22.7 Å². The lowest BCUT2D eigenvalue weighted by Crippen LogP contribution is -2.40. The Morgan fingerprint density at radius 3 is 1.94 bits per heavy atom. The second-order valence-corrected chi connectivity index (χ2v) is 5.63. The highest BCUT2D eigenvalue weighted by Crippen LogP contribution is 2.68. The minimum absolute atomic E-state index is 0.00702. The summed E-state index contributed by atoms with van der Waals surface area (Å²) in [6.45, 7) is 9.91. The van der Waals surface area contributed by atoms with Crippen LogP contribution in [-0.2, 0) is 14.3 Å². The number of nitrogens with one attached hydrogen (secondary N) is 1. The first kappa shape index (κ1) is 13.0. The maximum atomic E-state index is 11.9. The minimum atomic E-state index is -0.579. The van der Waals surface area contributed by atoms with Crippen LogP contribution in [0.3, 0.4) is 0 Å². The van der Waals surface area contributed by atoms with Crippen LogP contribution in [0.4, 0.5) is 0 Å². The van der Waals surface area contributed by atoms with Crippen LogP contribution in [0.2, 0.25) is 0 Å². The maximum absolute atomic E-state index is 11.9. The van der Waals surface area contributed by atoms with E-state index >= 15 is 0 Å². The van der Waals surface area contributed by atoms with Gasteiger partial charge in [-0.15, -0.1) is 0 Å². The van der Waals surface area contributed by atoms with Crippen LogP contribution in [0.15, 0.2) is 0 Å². The van der Waals surface area contributed by atoms with Gasteiger partial charge < -0.3 is 10.1 Å². The van der Waals surface area contributed by atoms with Gasteiger partial charge in [-0.25, -0.2) is 4.79 Å². The van der Waals surface area contributed by atoms with Gasteiger partial charge in [-0.3, -0.25) is 4.79 Å². The van der Waals surface area contributed by atoms with Crippen LogP contribution in [0.5, 0.6) is 0 Å². The minimum Gasteiger partial charge on any atom is -0.467 e. The lowest BCUT2D eigenvalue weighted by molar-refractivity contribution is -0.144. The molecule has 0 radical (unpaired) electrons. The second-order valence-electron chi connectivity index (χ2n) is 5.63. The summed E-state index contributed by atoms with van der Waals surface area (Å²) < 4.78 is 4.56. The molecule has 1 aliphatic carbocycles. The quantitative estimate of drug-likeness (QED) is 0.740. The number of amides is 1. The first-order valence-electron chi connectivity index (χ1n) is 5.54. The summed E-state index contributed by atoms with van der Waals surface area (Å²) in [4.78, 5) is 23.1. The van der Waals surface area contributed by atoms with Crippen molar-refractivity contribution < 1.29 is 14.3 Å². The number of hydrogen-bond acceptors (Lipinski definition) is 3.